The first-order valence-electron chi connectivity index (χ1n) is 8.98. The van der Waals surface area contributed by atoms with Crippen molar-refractivity contribution in [2.45, 2.75) is 64.1 Å². The molecule has 0 atom stereocenters. The van der Waals surface area contributed by atoms with Gasteiger partial charge in [-0.3, -0.25) is 9.69 Å². The molecule has 2 fully saturated rings. The minimum atomic E-state index is 0.0230. The Hall–Kier alpha value is -1.94. The summed E-state index contributed by atoms with van der Waals surface area (Å²) in [6.45, 7) is 3.40. The summed E-state index contributed by atoms with van der Waals surface area (Å²) >= 11 is 0. The SMILES string of the molecule is C#CCN(C(=O)Cn1nnnc1CN1CCCC1)C1CCCCC1. The molecule has 2 heterocycles. The predicted octanol–water partition coefficient (Wildman–Crippen LogP) is 1.06. The van der Waals surface area contributed by atoms with Crippen molar-refractivity contribution in [3.8, 4) is 12.3 Å². The third kappa shape index (κ3) is 4.12. The Bertz CT molecular complexity index is 580. The minimum Gasteiger partial charge on any atom is -0.327 e. The van der Waals surface area contributed by atoms with E-state index in [9.17, 15) is 4.79 Å². The highest BCUT2D eigenvalue weighted by Gasteiger charge is 2.26. The number of terminal acetylenes is 1. The predicted molar refractivity (Wildman–Crippen MR) is 89.7 cm³/mol. The number of nitrogens with zero attached hydrogens (tertiary/aromatic N) is 6. The summed E-state index contributed by atoms with van der Waals surface area (Å²) in [6, 6.07) is 0.265. The molecule has 1 amide bonds. The number of carbonyl (C=O) groups excluding carboxylic acids is 1. The molecule has 3 rings (SSSR count). The van der Waals surface area contributed by atoms with E-state index >= 15 is 0 Å². The highest BCUT2D eigenvalue weighted by atomic mass is 16.2. The number of amides is 1. The van der Waals surface area contributed by atoms with Crippen LogP contribution in [-0.4, -0.2) is 61.6 Å². The second kappa shape index (κ2) is 8.25. The lowest BCUT2D eigenvalue weighted by molar-refractivity contribution is -0.134. The van der Waals surface area contributed by atoms with Crippen LogP contribution in [0.4, 0.5) is 0 Å². The Labute approximate surface area is 143 Å². The van der Waals surface area contributed by atoms with Crippen LogP contribution in [0.25, 0.3) is 0 Å². The van der Waals surface area contributed by atoms with E-state index in [-0.39, 0.29) is 18.5 Å². The van der Waals surface area contributed by atoms with E-state index in [4.69, 9.17) is 6.42 Å². The van der Waals surface area contributed by atoms with Crippen molar-refractivity contribution in [1.82, 2.24) is 30.0 Å². The first-order chi connectivity index (χ1) is 11.8. The van der Waals surface area contributed by atoms with Crippen molar-refractivity contribution in [1.29, 1.82) is 0 Å². The maximum atomic E-state index is 12.8. The molecule has 0 spiro atoms. The van der Waals surface area contributed by atoms with Crippen LogP contribution in [0.1, 0.15) is 50.8 Å². The van der Waals surface area contributed by atoms with E-state index in [0.717, 1.165) is 31.8 Å². The van der Waals surface area contributed by atoms with Gasteiger partial charge in [-0.1, -0.05) is 25.2 Å². The van der Waals surface area contributed by atoms with Gasteiger partial charge >= 0.3 is 0 Å². The lowest BCUT2D eigenvalue weighted by Gasteiger charge is -2.33. The summed E-state index contributed by atoms with van der Waals surface area (Å²) in [5.74, 6) is 3.42. The minimum absolute atomic E-state index is 0.0230. The fourth-order valence-corrected chi connectivity index (χ4v) is 3.73. The highest BCUT2D eigenvalue weighted by Crippen LogP contribution is 2.22. The van der Waals surface area contributed by atoms with Gasteiger partial charge in [-0.05, 0) is 49.2 Å². The number of hydrogen-bond donors (Lipinski definition) is 0. The van der Waals surface area contributed by atoms with E-state index < -0.39 is 0 Å². The molecule has 0 radical (unpaired) electrons. The number of aromatic nitrogens is 4. The van der Waals surface area contributed by atoms with Crippen LogP contribution in [0.2, 0.25) is 0 Å². The third-order valence-electron chi connectivity index (χ3n) is 5.05. The molecule has 0 aromatic carbocycles. The van der Waals surface area contributed by atoms with Gasteiger partial charge in [-0.25, -0.2) is 4.68 Å². The van der Waals surface area contributed by atoms with Gasteiger partial charge < -0.3 is 4.90 Å². The Kier molecular flexibility index (Phi) is 5.81. The summed E-state index contributed by atoms with van der Waals surface area (Å²) < 4.78 is 1.63. The summed E-state index contributed by atoms with van der Waals surface area (Å²) in [7, 11) is 0. The quantitative estimate of drug-likeness (QED) is 0.730. The van der Waals surface area contributed by atoms with E-state index in [2.05, 4.69) is 26.3 Å². The second-order valence-corrected chi connectivity index (χ2v) is 6.75. The largest absolute Gasteiger partial charge is 0.327 e. The molecule has 1 aliphatic heterocycles. The van der Waals surface area contributed by atoms with E-state index in [1.54, 1.807) is 4.68 Å². The molecule has 1 saturated heterocycles. The molecule has 0 unspecified atom stereocenters. The van der Waals surface area contributed by atoms with Crippen LogP contribution in [0.5, 0.6) is 0 Å². The fraction of sp³-hybridized carbons (Fsp3) is 0.765. The van der Waals surface area contributed by atoms with Gasteiger partial charge in [0.05, 0.1) is 13.1 Å². The molecule has 2 aliphatic rings. The summed E-state index contributed by atoms with van der Waals surface area (Å²) in [6.07, 6.45) is 13.6. The zero-order chi connectivity index (χ0) is 16.8. The zero-order valence-electron chi connectivity index (χ0n) is 14.2. The number of rotatable bonds is 6. The molecule has 1 aliphatic carbocycles. The highest BCUT2D eigenvalue weighted by molar-refractivity contribution is 5.76. The van der Waals surface area contributed by atoms with Crippen LogP contribution >= 0.6 is 0 Å². The van der Waals surface area contributed by atoms with Crippen LogP contribution in [-0.2, 0) is 17.9 Å². The molecule has 0 bridgehead atoms. The standard InChI is InChI=1S/C17H26N6O/c1-2-10-22(15-8-4-3-5-9-15)17(24)14-23-16(18-19-20-23)13-21-11-6-7-12-21/h1,15H,3-14H2. The van der Waals surface area contributed by atoms with E-state index in [1.807, 2.05) is 4.90 Å². The molecule has 7 heteroatoms. The average Bonchev–Trinajstić information content (AvgIpc) is 3.26. The number of tetrazole rings is 1. The monoisotopic (exact) mass is 330 g/mol. The number of hydrogen-bond acceptors (Lipinski definition) is 5. The first-order valence-corrected chi connectivity index (χ1v) is 8.98. The molecule has 24 heavy (non-hydrogen) atoms. The Morgan fingerprint density at radius 2 is 1.96 bits per heavy atom. The maximum Gasteiger partial charge on any atom is 0.245 e. The van der Waals surface area contributed by atoms with Gasteiger partial charge in [0.25, 0.3) is 0 Å². The van der Waals surface area contributed by atoms with Crippen molar-refractivity contribution in [3.05, 3.63) is 5.82 Å². The summed E-state index contributed by atoms with van der Waals surface area (Å²) in [5.41, 5.74) is 0. The van der Waals surface area contributed by atoms with Crippen molar-refractivity contribution in [3.63, 3.8) is 0 Å². The van der Waals surface area contributed by atoms with Crippen LogP contribution in [0.3, 0.4) is 0 Å². The molecule has 1 aromatic heterocycles. The molecule has 130 valence electrons. The van der Waals surface area contributed by atoms with Gasteiger partial charge in [-0.15, -0.1) is 11.5 Å². The number of likely N-dealkylation sites (tertiary alicyclic amines) is 1. The average molecular weight is 330 g/mol. The first kappa shape index (κ1) is 16.9. The van der Waals surface area contributed by atoms with Crippen molar-refractivity contribution in [2.24, 2.45) is 0 Å². The molecule has 1 saturated carbocycles. The fourth-order valence-electron chi connectivity index (χ4n) is 3.73. The Morgan fingerprint density at radius 1 is 1.21 bits per heavy atom. The smallest absolute Gasteiger partial charge is 0.245 e. The van der Waals surface area contributed by atoms with Gasteiger partial charge in [-0.2, -0.15) is 0 Å². The zero-order valence-corrected chi connectivity index (χ0v) is 14.2. The Morgan fingerprint density at radius 3 is 2.67 bits per heavy atom. The lowest BCUT2D eigenvalue weighted by atomic mass is 9.94. The number of carbonyl (C=O) groups is 1. The van der Waals surface area contributed by atoms with Crippen LogP contribution in [0.15, 0.2) is 0 Å². The molecule has 7 nitrogen and oxygen atoms in total. The van der Waals surface area contributed by atoms with Gasteiger partial charge in [0, 0.05) is 6.04 Å². The molecule has 0 N–H and O–H groups in total. The normalized spacial score (nSPS) is 19.3. The summed E-state index contributed by atoms with van der Waals surface area (Å²) in [5, 5.41) is 11.9. The Balaban J connectivity index is 1.64. The molecular formula is C17H26N6O. The van der Waals surface area contributed by atoms with E-state index in [1.165, 1.54) is 32.1 Å². The van der Waals surface area contributed by atoms with Crippen LogP contribution in [0, 0.1) is 12.3 Å². The summed E-state index contributed by atoms with van der Waals surface area (Å²) in [4.78, 5) is 17.0. The van der Waals surface area contributed by atoms with Gasteiger partial charge in [0.1, 0.15) is 6.54 Å². The van der Waals surface area contributed by atoms with Crippen molar-refractivity contribution in [2.75, 3.05) is 19.6 Å². The topological polar surface area (TPSA) is 67.2 Å². The van der Waals surface area contributed by atoms with Gasteiger partial charge in [0.15, 0.2) is 5.82 Å². The third-order valence-corrected chi connectivity index (χ3v) is 5.05. The van der Waals surface area contributed by atoms with Crippen LogP contribution < -0.4 is 0 Å². The van der Waals surface area contributed by atoms with Crippen molar-refractivity contribution < 1.29 is 4.79 Å². The molecule has 1 aromatic rings. The second-order valence-electron chi connectivity index (χ2n) is 6.75. The van der Waals surface area contributed by atoms with Crippen molar-refractivity contribution >= 4 is 5.91 Å². The molecular weight excluding hydrogens is 304 g/mol. The van der Waals surface area contributed by atoms with Gasteiger partial charge in [0.2, 0.25) is 5.91 Å². The lowest BCUT2D eigenvalue weighted by Crippen LogP contribution is -2.43. The van der Waals surface area contributed by atoms with E-state index in [0.29, 0.717) is 13.1 Å². The maximum absolute atomic E-state index is 12.8.